The van der Waals surface area contributed by atoms with E-state index in [0.29, 0.717) is 12.2 Å². The Bertz CT molecular complexity index is 922. The zero-order chi connectivity index (χ0) is 17.4. The van der Waals surface area contributed by atoms with Crippen molar-refractivity contribution in [2.75, 3.05) is 0 Å². The third kappa shape index (κ3) is 2.83. The van der Waals surface area contributed by atoms with Crippen molar-refractivity contribution < 1.29 is 9.90 Å². The van der Waals surface area contributed by atoms with Crippen LogP contribution >= 0.6 is 0 Å². The Morgan fingerprint density at radius 2 is 2.04 bits per heavy atom. The number of pyridine rings is 1. The smallest absolute Gasteiger partial charge is 0.315 e. The number of carbonyl (C=O) groups excluding carboxylic acids is 1. The largest absolute Gasteiger partial charge is 0.390 e. The number of hydrogen-bond donors (Lipinski definition) is 3. The number of aromatic nitrogens is 3. The second-order valence-corrected chi connectivity index (χ2v) is 6.27. The van der Waals surface area contributed by atoms with Gasteiger partial charge in [0.15, 0.2) is 11.5 Å². The molecule has 4 rings (SSSR count). The summed E-state index contributed by atoms with van der Waals surface area (Å²) < 4.78 is 1.84. The van der Waals surface area contributed by atoms with Crippen LogP contribution in [0.15, 0.2) is 48.7 Å². The molecule has 2 heterocycles. The second-order valence-electron chi connectivity index (χ2n) is 6.27. The Labute approximate surface area is 144 Å². The minimum absolute atomic E-state index is 0.328. The molecule has 0 saturated carbocycles. The van der Waals surface area contributed by atoms with Crippen molar-refractivity contribution >= 4 is 11.7 Å². The van der Waals surface area contributed by atoms with E-state index in [4.69, 9.17) is 0 Å². The highest BCUT2D eigenvalue weighted by molar-refractivity contribution is 5.75. The molecule has 0 aliphatic heterocycles. The first kappa shape index (κ1) is 15.6. The number of nitrogens with zero attached hydrogens (tertiary/aromatic N) is 3. The lowest BCUT2D eigenvalue weighted by atomic mass is 10.1. The van der Waals surface area contributed by atoms with E-state index in [2.05, 4.69) is 20.8 Å². The molecule has 25 heavy (non-hydrogen) atoms. The van der Waals surface area contributed by atoms with E-state index < -0.39 is 12.1 Å². The fraction of sp³-hybridized carbons (Fsp3) is 0.278. The summed E-state index contributed by atoms with van der Waals surface area (Å²) in [5.41, 5.74) is 2.76. The van der Waals surface area contributed by atoms with Crippen molar-refractivity contribution in [3.8, 4) is 0 Å². The number of nitrogens with one attached hydrogen (secondary N) is 2. The molecule has 2 amide bonds. The molecule has 7 nitrogen and oxygen atoms in total. The molecule has 0 radical (unpaired) electrons. The van der Waals surface area contributed by atoms with E-state index in [1.54, 1.807) is 0 Å². The highest BCUT2D eigenvalue weighted by Gasteiger charge is 2.32. The topological polar surface area (TPSA) is 91.5 Å². The molecule has 3 aromatic rings. The van der Waals surface area contributed by atoms with Crippen LogP contribution in [-0.4, -0.2) is 31.8 Å². The van der Waals surface area contributed by atoms with E-state index >= 15 is 0 Å². The second kappa shape index (κ2) is 6.18. The SMILES string of the molecule is CC(NC(=O)NC1c2ccccc2CC1O)c1nnc2ccccn12. The predicted molar refractivity (Wildman–Crippen MR) is 92.0 cm³/mol. The van der Waals surface area contributed by atoms with E-state index in [1.165, 1.54) is 0 Å². The molecule has 7 heteroatoms. The number of hydrogen-bond acceptors (Lipinski definition) is 4. The van der Waals surface area contributed by atoms with Crippen LogP contribution in [0.25, 0.3) is 5.65 Å². The number of carbonyl (C=O) groups is 1. The molecule has 3 N–H and O–H groups in total. The molecule has 3 unspecified atom stereocenters. The average Bonchev–Trinajstić information content (AvgIpc) is 3.16. The van der Waals surface area contributed by atoms with Gasteiger partial charge < -0.3 is 15.7 Å². The van der Waals surface area contributed by atoms with E-state index in [9.17, 15) is 9.90 Å². The summed E-state index contributed by atoms with van der Waals surface area (Å²) >= 11 is 0. The zero-order valence-electron chi connectivity index (χ0n) is 13.8. The van der Waals surface area contributed by atoms with E-state index in [1.807, 2.05) is 60.0 Å². The van der Waals surface area contributed by atoms with Crippen molar-refractivity contribution in [1.82, 2.24) is 25.2 Å². The Morgan fingerprint density at radius 3 is 2.92 bits per heavy atom. The summed E-state index contributed by atoms with van der Waals surface area (Å²) in [5.74, 6) is 0.651. The maximum Gasteiger partial charge on any atom is 0.315 e. The summed E-state index contributed by atoms with van der Waals surface area (Å²) in [5, 5.41) is 24.2. The average molecular weight is 337 g/mol. The van der Waals surface area contributed by atoms with Crippen molar-refractivity contribution in [3.05, 3.63) is 65.6 Å². The third-order valence-electron chi connectivity index (χ3n) is 4.57. The minimum Gasteiger partial charge on any atom is -0.390 e. The van der Waals surface area contributed by atoms with Gasteiger partial charge in [0.2, 0.25) is 0 Å². The molecule has 1 aromatic carbocycles. The fourth-order valence-electron chi connectivity index (χ4n) is 3.35. The maximum atomic E-state index is 12.4. The Morgan fingerprint density at radius 1 is 1.24 bits per heavy atom. The van der Waals surface area contributed by atoms with E-state index in [-0.39, 0.29) is 12.1 Å². The van der Waals surface area contributed by atoms with Gasteiger partial charge in [0.05, 0.1) is 18.2 Å². The van der Waals surface area contributed by atoms with Gasteiger partial charge in [0.1, 0.15) is 0 Å². The predicted octanol–water partition coefficient (Wildman–Crippen LogP) is 1.75. The first-order valence-corrected chi connectivity index (χ1v) is 8.26. The summed E-state index contributed by atoms with van der Waals surface area (Å²) in [6.45, 7) is 1.85. The molecular formula is C18H19N5O2. The van der Waals surface area contributed by atoms with Crippen LogP contribution in [0.4, 0.5) is 4.79 Å². The Balaban J connectivity index is 1.47. The molecule has 0 bridgehead atoms. The van der Waals surface area contributed by atoms with Gasteiger partial charge in [-0.05, 0) is 30.2 Å². The standard InChI is InChI=1S/C18H19N5O2/c1-11(17-22-21-15-8-4-5-9-23(15)17)19-18(25)20-16-13-7-3-2-6-12(13)10-14(16)24/h2-9,11,14,16,24H,10H2,1H3,(H2,19,20,25). The normalized spacial score (nSPS) is 20.2. The highest BCUT2D eigenvalue weighted by Crippen LogP contribution is 2.31. The summed E-state index contributed by atoms with van der Waals surface area (Å²) in [6.07, 6.45) is 1.79. The monoisotopic (exact) mass is 337 g/mol. The van der Waals surface area contributed by atoms with Crippen molar-refractivity contribution in [2.45, 2.75) is 31.5 Å². The molecule has 0 fully saturated rings. The number of benzene rings is 1. The quantitative estimate of drug-likeness (QED) is 0.679. The van der Waals surface area contributed by atoms with Crippen molar-refractivity contribution in [1.29, 1.82) is 0 Å². The van der Waals surface area contributed by atoms with Crippen LogP contribution in [0, 0.1) is 0 Å². The number of aliphatic hydroxyl groups excluding tert-OH is 1. The van der Waals surface area contributed by atoms with Gasteiger partial charge in [-0.2, -0.15) is 0 Å². The van der Waals surface area contributed by atoms with Crippen LogP contribution in [0.3, 0.4) is 0 Å². The van der Waals surface area contributed by atoms with Crippen LogP contribution in [0.5, 0.6) is 0 Å². The first-order valence-electron chi connectivity index (χ1n) is 8.26. The minimum atomic E-state index is -0.618. The van der Waals surface area contributed by atoms with Gasteiger partial charge in [-0.25, -0.2) is 4.79 Å². The molecule has 1 aliphatic rings. The zero-order valence-corrected chi connectivity index (χ0v) is 13.8. The Kier molecular flexibility index (Phi) is 3.85. The molecule has 2 aromatic heterocycles. The van der Waals surface area contributed by atoms with Gasteiger partial charge in [0.25, 0.3) is 0 Å². The third-order valence-corrected chi connectivity index (χ3v) is 4.57. The number of rotatable bonds is 3. The van der Waals surface area contributed by atoms with Gasteiger partial charge in [-0.1, -0.05) is 30.3 Å². The maximum absolute atomic E-state index is 12.4. The lowest BCUT2D eigenvalue weighted by Crippen LogP contribution is -2.42. The molecule has 0 saturated heterocycles. The van der Waals surface area contributed by atoms with Crippen LogP contribution in [0.1, 0.15) is 36.0 Å². The van der Waals surface area contributed by atoms with Crippen molar-refractivity contribution in [2.24, 2.45) is 0 Å². The van der Waals surface area contributed by atoms with Gasteiger partial charge in [-0.3, -0.25) is 4.40 Å². The molecular weight excluding hydrogens is 318 g/mol. The highest BCUT2D eigenvalue weighted by atomic mass is 16.3. The molecule has 3 atom stereocenters. The molecule has 1 aliphatic carbocycles. The van der Waals surface area contributed by atoms with E-state index in [0.717, 1.165) is 16.8 Å². The van der Waals surface area contributed by atoms with Crippen molar-refractivity contribution in [3.63, 3.8) is 0 Å². The number of amides is 2. The lowest BCUT2D eigenvalue weighted by molar-refractivity contribution is 0.142. The first-order chi connectivity index (χ1) is 12.1. The fourth-order valence-corrected chi connectivity index (χ4v) is 3.35. The van der Waals surface area contributed by atoms with Crippen LogP contribution in [-0.2, 0) is 6.42 Å². The summed E-state index contributed by atoms with van der Waals surface area (Å²) in [7, 11) is 0. The van der Waals surface area contributed by atoms with Gasteiger partial charge in [0, 0.05) is 12.6 Å². The number of aliphatic hydroxyl groups is 1. The van der Waals surface area contributed by atoms with Crippen LogP contribution in [0.2, 0.25) is 0 Å². The summed E-state index contributed by atoms with van der Waals surface area (Å²) in [6, 6.07) is 12.3. The lowest BCUT2D eigenvalue weighted by Gasteiger charge is -2.20. The van der Waals surface area contributed by atoms with Crippen LogP contribution < -0.4 is 10.6 Å². The molecule has 0 spiro atoms. The number of fused-ring (bicyclic) bond motifs is 2. The Hall–Kier alpha value is -2.93. The number of urea groups is 1. The summed E-state index contributed by atoms with van der Waals surface area (Å²) in [4.78, 5) is 12.4. The van der Waals surface area contributed by atoms with Gasteiger partial charge in [-0.15, -0.1) is 10.2 Å². The molecule has 128 valence electrons. The van der Waals surface area contributed by atoms with Gasteiger partial charge >= 0.3 is 6.03 Å².